The van der Waals surface area contributed by atoms with E-state index >= 15 is 0 Å². The molecule has 0 spiro atoms. The quantitative estimate of drug-likeness (QED) is 0.790. The lowest BCUT2D eigenvalue weighted by molar-refractivity contribution is 0.123. The SMILES string of the molecule is COCCN1CCC[C@H](NC(=O)N[C@@H](C)Cc2c(C)noc2C)C1. The van der Waals surface area contributed by atoms with E-state index in [2.05, 4.69) is 20.7 Å². The second-order valence-corrected chi connectivity index (χ2v) is 6.66. The summed E-state index contributed by atoms with van der Waals surface area (Å²) < 4.78 is 10.3. The number of hydrogen-bond donors (Lipinski definition) is 2. The summed E-state index contributed by atoms with van der Waals surface area (Å²) in [4.78, 5) is 14.6. The van der Waals surface area contributed by atoms with Crippen molar-refractivity contribution in [1.29, 1.82) is 0 Å². The summed E-state index contributed by atoms with van der Waals surface area (Å²) in [5.74, 6) is 0.822. The first-order valence-corrected chi connectivity index (χ1v) is 8.69. The third kappa shape index (κ3) is 5.49. The van der Waals surface area contributed by atoms with E-state index in [0.717, 1.165) is 62.5 Å². The van der Waals surface area contributed by atoms with Gasteiger partial charge in [0.2, 0.25) is 0 Å². The molecule has 2 amide bonds. The van der Waals surface area contributed by atoms with Crippen molar-refractivity contribution in [2.24, 2.45) is 0 Å². The van der Waals surface area contributed by atoms with Crippen LogP contribution in [0.4, 0.5) is 4.79 Å². The van der Waals surface area contributed by atoms with Gasteiger partial charge in [-0.1, -0.05) is 5.16 Å². The van der Waals surface area contributed by atoms with Crippen molar-refractivity contribution in [1.82, 2.24) is 20.7 Å². The van der Waals surface area contributed by atoms with Gasteiger partial charge in [-0.3, -0.25) is 4.90 Å². The Labute approximate surface area is 144 Å². The van der Waals surface area contributed by atoms with Gasteiger partial charge in [-0.15, -0.1) is 0 Å². The van der Waals surface area contributed by atoms with Gasteiger partial charge in [0.1, 0.15) is 5.76 Å². The number of nitrogens with one attached hydrogen (secondary N) is 2. The van der Waals surface area contributed by atoms with Crippen molar-refractivity contribution in [3.05, 3.63) is 17.0 Å². The topological polar surface area (TPSA) is 79.6 Å². The van der Waals surface area contributed by atoms with E-state index in [1.54, 1.807) is 7.11 Å². The summed E-state index contributed by atoms with van der Waals surface area (Å²) in [6.07, 6.45) is 2.84. The van der Waals surface area contributed by atoms with Gasteiger partial charge in [0, 0.05) is 37.8 Å². The molecular weight excluding hydrogens is 308 g/mol. The van der Waals surface area contributed by atoms with Crippen LogP contribution in [0.25, 0.3) is 0 Å². The Morgan fingerprint density at radius 3 is 2.96 bits per heavy atom. The first-order chi connectivity index (χ1) is 11.5. The van der Waals surface area contributed by atoms with Crippen molar-refractivity contribution in [3.63, 3.8) is 0 Å². The largest absolute Gasteiger partial charge is 0.383 e. The highest BCUT2D eigenvalue weighted by molar-refractivity contribution is 5.74. The molecule has 0 aromatic carbocycles. The molecule has 0 aliphatic carbocycles. The van der Waals surface area contributed by atoms with Crippen LogP contribution < -0.4 is 10.6 Å². The number of nitrogens with zero attached hydrogens (tertiary/aromatic N) is 2. The summed E-state index contributed by atoms with van der Waals surface area (Å²) in [5.41, 5.74) is 1.97. The molecule has 2 rings (SSSR count). The van der Waals surface area contributed by atoms with Crippen LogP contribution in [0.5, 0.6) is 0 Å². The molecule has 0 bridgehead atoms. The van der Waals surface area contributed by atoms with Gasteiger partial charge in [0.25, 0.3) is 0 Å². The van der Waals surface area contributed by atoms with Gasteiger partial charge in [-0.05, 0) is 46.6 Å². The molecule has 136 valence electrons. The van der Waals surface area contributed by atoms with E-state index in [4.69, 9.17) is 9.26 Å². The van der Waals surface area contributed by atoms with Crippen LogP contribution in [0.2, 0.25) is 0 Å². The number of ether oxygens (including phenoxy) is 1. The normalized spacial score (nSPS) is 19.9. The molecule has 1 aromatic rings. The molecule has 7 nitrogen and oxygen atoms in total. The fourth-order valence-corrected chi connectivity index (χ4v) is 3.20. The fraction of sp³-hybridized carbons (Fsp3) is 0.765. The average molecular weight is 338 g/mol. The van der Waals surface area contributed by atoms with Crippen LogP contribution in [0, 0.1) is 13.8 Å². The number of aryl methyl sites for hydroxylation is 2. The first-order valence-electron chi connectivity index (χ1n) is 8.69. The lowest BCUT2D eigenvalue weighted by Crippen LogP contribution is -2.52. The predicted molar refractivity (Wildman–Crippen MR) is 92.1 cm³/mol. The highest BCUT2D eigenvalue weighted by Crippen LogP contribution is 2.14. The molecule has 0 unspecified atom stereocenters. The maximum absolute atomic E-state index is 12.2. The Balaban J connectivity index is 1.76. The van der Waals surface area contributed by atoms with Crippen LogP contribution in [0.3, 0.4) is 0 Å². The third-order valence-electron chi connectivity index (χ3n) is 4.52. The molecule has 1 fully saturated rings. The number of piperidine rings is 1. The van der Waals surface area contributed by atoms with Gasteiger partial charge in [0.15, 0.2) is 0 Å². The van der Waals surface area contributed by atoms with Crippen LogP contribution in [-0.4, -0.2) is 61.5 Å². The monoisotopic (exact) mass is 338 g/mol. The van der Waals surface area contributed by atoms with Crippen molar-refractivity contribution < 1.29 is 14.1 Å². The predicted octanol–water partition coefficient (Wildman–Crippen LogP) is 1.63. The molecule has 1 aromatic heterocycles. The minimum absolute atomic E-state index is 0.0231. The molecule has 2 atom stereocenters. The summed E-state index contributed by atoms with van der Waals surface area (Å²) in [6.45, 7) is 9.43. The minimum Gasteiger partial charge on any atom is -0.383 e. The van der Waals surface area contributed by atoms with Gasteiger partial charge >= 0.3 is 6.03 Å². The van der Waals surface area contributed by atoms with E-state index in [9.17, 15) is 4.79 Å². The molecule has 1 saturated heterocycles. The Morgan fingerprint density at radius 2 is 2.29 bits per heavy atom. The lowest BCUT2D eigenvalue weighted by Gasteiger charge is -2.33. The van der Waals surface area contributed by atoms with E-state index in [0.29, 0.717) is 0 Å². The Morgan fingerprint density at radius 1 is 1.50 bits per heavy atom. The minimum atomic E-state index is -0.104. The van der Waals surface area contributed by atoms with Crippen LogP contribution in [0.15, 0.2) is 4.52 Å². The van der Waals surface area contributed by atoms with E-state index in [1.807, 2.05) is 20.8 Å². The number of amides is 2. The molecule has 1 aliphatic rings. The number of hydrogen-bond acceptors (Lipinski definition) is 5. The summed E-state index contributed by atoms with van der Waals surface area (Å²) in [6, 6.07) is 0.115. The second-order valence-electron chi connectivity index (χ2n) is 6.66. The molecular formula is C17H30N4O3. The molecule has 24 heavy (non-hydrogen) atoms. The summed E-state index contributed by atoms with van der Waals surface area (Å²) >= 11 is 0. The summed E-state index contributed by atoms with van der Waals surface area (Å²) in [5, 5.41) is 10.1. The maximum atomic E-state index is 12.2. The van der Waals surface area contributed by atoms with Crippen molar-refractivity contribution in [2.45, 2.75) is 52.1 Å². The number of urea groups is 1. The molecule has 1 aliphatic heterocycles. The number of rotatable bonds is 7. The Kier molecular flexibility index (Phi) is 7.05. The summed E-state index contributed by atoms with van der Waals surface area (Å²) in [7, 11) is 1.72. The zero-order valence-corrected chi connectivity index (χ0v) is 15.2. The van der Waals surface area contributed by atoms with E-state index < -0.39 is 0 Å². The van der Waals surface area contributed by atoms with Gasteiger partial charge in [-0.25, -0.2) is 4.79 Å². The van der Waals surface area contributed by atoms with Crippen molar-refractivity contribution in [2.75, 3.05) is 33.4 Å². The van der Waals surface area contributed by atoms with E-state index in [1.165, 1.54) is 0 Å². The smallest absolute Gasteiger partial charge is 0.315 e. The Bertz CT molecular complexity index is 512. The van der Waals surface area contributed by atoms with Crippen molar-refractivity contribution in [3.8, 4) is 0 Å². The van der Waals surface area contributed by atoms with Crippen LogP contribution in [0.1, 0.15) is 36.8 Å². The molecule has 0 radical (unpaired) electrons. The zero-order chi connectivity index (χ0) is 17.5. The second kappa shape index (κ2) is 9.03. The molecule has 2 heterocycles. The zero-order valence-electron chi connectivity index (χ0n) is 15.2. The number of aromatic nitrogens is 1. The highest BCUT2D eigenvalue weighted by atomic mass is 16.5. The number of methoxy groups -OCH3 is 1. The molecule has 0 saturated carbocycles. The fourth-order valence-electron chi connectivity index (χ4n) is 3.20. The Hall–Kier alpha value is -1.60. The van der Waals surface area contributed by atoms with E-state index in [-0.39, 0.29) is 18.1 Å². The molecule has 2 N–H and O–H groups in total. The van der Waals surface area contributed by atoms with Gasteiger partial charge < -0.3 is 19.9 Å². The number of carbonyl (C=O) groups excluding carboxylic acids is 1. The van der Waals surface area contributed by atoms with Crippen molar-refractivity contribution >= 4 is 6.03 Å². The van der Waals surface area contributed by atoms with Crippen LogP contribution in [-0.2, 0) is 11.2 Å². The number of carbonyl (C=O) groups is 1. The standard InChI is InChI=1S/C17H30N4O3/c1-12(10-16-13(2)20-24-14(16)3)18-17(22)19-15-6-5-7-21(11-15)8-9-23-4/h12,15H,5-11H2,1-4H3,(H2,18,19,22)/t12-,15-/m0/s1. The van der Waals surface area contributed by atoms with Crippen LogP contribution >= 0.6 is 0 Å². The van der Waals surface area contributed by atoms with Gasteiger partial charge in [-0.2, -0.15) is 0 Å². The van der Waals surface area contributed by atoms with Gasteiger partial charge in [0.05, 0.1) is 12.3 Å². The number of likely N-dealkylation sites (tertiary alicyclic amines) is 1. The average Bonchev–Trinajstić information content (AvgIpc) is 2.85. The third-order valence-corrected chi connectivity index (χ3v) is 4.52. The lowest BCUT2D eigenvalue weighted by atomic mass is 10.1. The maximum Gasteiger partial charge on any atom is 0.315 e. The molecule has 7 heteroatoms. The first kappa shape index (κ1) is 18.7. The highest BCUT2D eigenvalue weighted by Gasteiger charge is 2.22.